The molecule has 3 aromatic rings. The fraction of sp³-hybridized carbons (Fsp3) is 0.567. The van der Waals surface area contributed by atoms with Gasteiger partial charge >= 0.3 is 0 Å². The fourth-order valence-corrected chi connectivity index (χ4v) is 5.90. The lowest BCUT2D eigenvalue weighted by molar-refractivity contribution is 0.0405. The lowest BCUT2D eigenvalue weighted by atomic mass is 10.0. The molecule has 4 heterocycles. The number of carbonyl (C=O) groups is 1. The summed E-state index contributed by atoms with van der Waals surface area (Å²) in [5.41, 5.74) is 7.64. The number of anilines is 3. The first-order chi connectivity index (χ1) is 20.5. The zero-order valence-corrected chi connectivity index (χ0v) is 24.7. The summed E-state index contributed by atoms with van der Waals surface area (Å²) in [6, 6.07) is 4.01. The summed E-state index contributed by atoms with van der Waals surface area (Å²) in [7, 11) is 0. The summed E-state index contributed by atoms with van der Waals surface area (Å²) in [4.78, 5) is 44.4. The van der Waals surface area contributed by atoms with Crippen molar-refractivity contribution in [3.8, 4) is 0 Å². The molecular formula is C30H42N8O4. The number of carbonyl (C=O) groups excluding carboxylic acids is 1. The Morgan fingerprint density at radius 1 is 1.02 bits per heavy atom. The van der Waals surface area contributed by atoms with E-state index in [0.29, 0.717) is 55.9 Å². The van der Waals surface area contributed by atoms with Gasteiger partial charge in [0, 0.05) is 56.9 Å². The van der Waals surface area contributed by atoms with Gasteiger partial charge in [-0.2, -0.15) is 4.98 Å². The maximum Gasteiger partial charge on any atom is 0.263 e. The first kappa shape index (κ1) is 30.0. The lowest BCUT2D eigenvalue weighted by Gasteiger charge is -2.35. The van der Waals surface area contributed by atoms with Crippen LogP contribution in [0.5, 0.6) is 0 Å². The van der Waals surface area contributed by atoms with E-state index in [2.05, 4.69) is 25.1 Å². The number of fused-ring (bicyclic) bond motifs is 1. The van der Waals surface area contributed by atoms with Gasteiger partial charge in [-0.3, -0.25) is 19.1 Å². The van der Waals surface area contributed by atoms with E-state index in [0.717, 1.165) is 69.5 Å². The van der Waals surface area contributed by atoms with Gasteiger partial charge < -0.3 is 25.4 Å². The Bertz CT molecular complexity index is 1410. The van der Waals surface area contributed by atoms with Crippen LogP contribution in [0.2, 0.25) is 0 Å². The topological polar surface area (TPSA) is 141 Å². The third-order valence-corrected chi connectivity index (χ3v) is 8.16. The second kappa shape index (κ2) is 14.1. The second-order valence-corrected chi connectivity index (χ2v) is 11.0. The third kappa shape index (κ3) is 6.95. The monoisotopic (exact) mass is 578 g/mol. The largest absolute Gasteiger partial charge is 0.378 e. The normalized spacial score (nSPS) is 16.4. The minimum Gasteiger partial charge on any atom is -0.378 e. The van der Waals surface area contributed by atoms with Gasteiger partial charge in [0.2, 0.25) is 5.95 Å². The number of pyridine rings is 2. The number of hydrogen-bond donors (Lipinski definition) is 2. The predicted octanol–water partition coefficient (Wildman–Crippen LogP) is 2.67. The molecule has 2 aliphatic rings. The summed E-state index contributed by atoms with van der Waals surface area (Å²) in [5, 5.41) is 3.93. The van der Waals surface area contributed by atoms with Gasteiger partial charge in [-0.05, 0) is 44.4 Å². The van der Waals surface area contributed by atoms with Gasteiger partial charge in [-0.15, -0.1) is 0 Å². The molecule has 1 aliphatic heterocycles. The maximum absolute atomic E-state index is 13.4. The summed E-state index contributed by atoms with van der Waals surface area (Å²) in [5.74, 6) is 0.759. The molecule has 3 aromatic heterocycles. The average molecular weight is 579 g/mol. The van der Waals surface area contributed by atoms with Crippen LogP contribution < -0.4 is 21.5 Å². The molecule has 0 amide bonds. The van der Waals surface area contributed by atoms with Crippen LogP contribution in [-0.2, 0) is 9.47 Å². The van der Waals surface area contributed by atoms with E-state index in [-0.39, 0.29) is 22.9 Å². The van der Waals surface area contributed by atoms with Crippen LogP contribution in [0.15, 0.2) is 29.3 Å². The van der Waals surface area contributed by atoms with Gasteiger partial charge in [0.05, 0.1) is 43.9 Å². The molecule has 12 nitrogen and oxygen atoms in total. The number of Topliss-reactive ketones (excluding diaryl/α,β-unsaturated/α-hetero) is 1. The highest BCUT2D eigenvalue weighted by Gasteiger charge is 2.26. The van der Waals surface area contributed by atoms with Crippen LogP contribution in [0.4, 0.5) is 17.5 Å². The molecule has 0 radical (unpaired) electrons. The first-order valence-electron chi connectivity index (χ1n) is 14.9. The van der Waals surface area contributed by atoms with Crippen LogP contribution in [0, 0.1) is 6.92 Å². The summed E-state index contributed by atoms with van der Waals surface area (Å²) in [6.07, 6.45) is 7.48. The smallest absolute Gasteiger partial charge is 0.263 e. The number of aryl methyl sites for hydroxylation is 1. The zero-order valence-electron chi connectivity index (χ0n) is 24.7. The SMILES string of the molecule is CC(=O)c1c(C)c2cnc(Nc3ccc(N4CCN(CCOCCOCCN)CC4)cn3)nc2n(C2CCCC2)c1=O. The Hall–Kier alpha value is -3.45. The van der Waals surface area contributed by atoms with Crippen LogP contribution >= 0.6 is 0 Å². The quantitative estimate of drug-likeness (QED) is 0.228. The lowest BCUT2D eigenvalue weighted by Crippen LogP contribution is -2.47. The molecule has 12 heteroatoms. The fourth-order valence-electron chi connectivity index (χ4n) is 5.90. The van der Waals surface area contributed by atoms with Gasteiger partial charge in [0.15, 0.2) is 5.78 Å². The highest BCUT2D eigenvalue weighted by Crippen LogP contribution is 2.32. The molecule has 5 rings (SSSR count). The van der Waals surface area contributed by atoms with Crippen molar-refractivity contribution in [2.45, 2.75) is 45.6 Å². The molecule has 42 heavy (non-hydrogen) atoms. The number of nitrogens with one attached hydrogen (secondary N) is 1. The second-order valence-electron chi connectivity index (χ2n) is 11.0. The molecule has 0 unspecified atom stereocenters. The standard InChI is InChI=1S/C30H42N8O4/c1-21-25-20-33-30(35-28(25)38(23-5-3-4-6-23)29(40)27(21)22(2)39)34-26-8-7-24(19-32-26)37-12-10-36(11-13-37)14-16-42-18-17-41-15-9-31/h7-8,19-20,23H,3-6,9-18,31H2,1-2H3,(H,32,33,34,35). The molecule has 226 valence electrons. The minimum absolute atomic E-state index is 0.0351. The van der Waals surface area contributed by atoms with Crippen molar-refractivity contribution < 1.29 is 14.3 Å². The third-order valence-electron chi connectivity index (χ3n) is 8.16. The van der Waals surface area contributed by atoms with Gasteiger partial charge in [-0.1, -0.05) is 12.8 Å². The van der Waals surface area contributed by atoms with E-state index >= 15 is 0 Å². The summed E-state index contributed by atoms with van der Waals surface area (Å²) < 4.78 is 12.7. The Balaban J connectivity index is 1.21. The summed E-state index contributed by atoms with van der Waals surface area (Å²) >= 11 is 0. The highest BCUT2D eigenvalue weighted by atomic mass is 16.5. The number of ketones is 1. The predicted molar refractivity (Wildman–Crippen MR) is 163 cm³/mol. The minimum atomic E-state index is -0.257. The van der Waals surface area contributed by atoms with Gasteiger partial charge in [-0.25, -0.2) is 9.97 Å². The Labute approximate surface area is 246 Å². The number of ether oxygens (including phenoxy) is 2. The number of aromatic nitrogens is 4. The van der Waals surface area contributed by atoms with E-state index in [1.54, 1.807) is 17.7 Å². The van der Waals surface area contributed by atoms with Crippen LogP contribution in [0.3, 0.4) is 0 Å². The molecule has 1 saturated carbocycles. The van der Waals surface area contributed by atoms with Crippen molar-refractivity contribution in [3.63, 3.8) is 0 Å². The van der Waals surface area contributed by atoms with Crippen LogP contribution in [0.1, 0.15) is 54.6 Å². The molecule has 0 spiro atoms. The molecule has 1 aliphatic carbocycles. The number of nitrogens with zero attached hydrogens (tertiary/aromatic N) is 6. The zero-order chi connectivity index (χ0) is 29.5. The number of piperazine rings is 1. The molecule has 1 saturated heterocycles. The maximum atomic E-state index is 13.4. The van der Waals surface area contributed by atoms with E-state index in [4.69, 9.17) is 20.2 Å². The van der Waals surface area contributed by atoms with Gasteiger partial charge in [0.1, 0.15) is 11.5 Å². The van der Waals surface area contributed by atoms with Crippen molar-refractivity contribution in [1.82, 2.24) is 24.4 Å². The van der Waals surface area contributed by atoms with E-state index in [1.807, 2.05) is 18.3 Å². The van der Waals surface area contributed by atoms with Crippen molar-refractivity contribution in [2.24, 2.45) is 5.73 Å². The molecule has 3 N–H and O–H groups in total. The van der Waals surface area contributed by atoms with Crippen LogP contribution in [0.25, 0.3) is 11.0 Å². The van der Waals surface area contributed by atoms with E-state index in [9.17, 15) is 9.59 Å². The molecular weight excluding hydrogens is 536 g/mol. The number of hydrogen-bond acceptors (Lipinski definition) is 11. The van der Waals surface area contributed by atoms with Gasteiger partial charge in [0.25, 0.3) is 5.56 Å². The number of nitrogens with two attached hydrogens (primary N) is 1. The Morgan fingerprint density at radius 3 is 2.43 bits per heavy atom. The average Bonchev–Trinajstić information content (AvgIpc) is 3.52. The molecule has 0 bridgehead atoms. The van der Waals surface area contributed by atoms with Crippen molar-refractivity contribution in [2.75, 3.05) is 75.9 Å². The van der Waals surface area contributed by atoms with Crippen LogP contribution in [-0.4, -0.2) is 95.9 Å². The first-order valence-corrected chi connectivity index (χ1v) is 14.9. The molecule has 0 aromatic carbocycles. The number of rotatable bonds is 13. The molecule has 2 fully saturated rings. The van der Waals surface area contributed by atoms with Crippen molar-refractivity contribution in [1.29, 1.82) is 0 Å². The van der Waals surface area contributed by atoms with E-state index in [1.165, 1.54) is 6.92 Å². The van der Waals surface area contributed by atoms with Crippen molar-refractivity contribution in [3.05, 3.63) is 46.0 Å². The van der Waals surface area contributed by atoms with Crippen molar-refractivity contribution >= 4 is 34.3 Å². The van der Waals surface area contributed by atoms with E-state index < -0.39 is 0 Å². The molecule has 0 atom stereocenters. The Kier molecular flexibility index (Phi) is 10.1. The summed E-state index contributed by atoms with van der Waals surface area (Å²) in [6.45, 7) is 10.9. The Morgan fingerprint density at radius 2 is 1.76 bits per heavy atom. The highest BCUT2D eigenvalue weighted by molar-refractivity contribution is 5.99.